The molecule has 0 saturated heterocycles. The lowest BCUT2D eigenvalue weighted by Gasteiger charge is -1.88. The zero-order valence-corrected chi connectivity index (χ0v) is 5.72. The molecular weight excluding hydrogens is 158 g/mol. The standard InChI is InChI=1S/C4H5N3O2.ClH/c5-7-4(8)3-1-9-2-6-3;/h1-2H,5H2,(H,7,8);1H. The van der Waals surface area contributed by atoms with Gasteiger partial charge in [0.15, 0.2) is 12.1 Å². The zero-order valence-electron chi connectivity index (χ0n) is 4.90. The van der Waals surface area contributed by atoms with E-state index in [1.165, 1.54) is 6.26 Å². The van der Waals surface area contributed by atoms with Crippen LogP contribution in [0.5, 0.6) is 0 Å². The van der Waals surface area contributed by atoms with E-state index in [1.807, 2.05) is 5.43 Å². The van der Waals surface area contributed by atoms with Crippen LogP contribution in [0.15, 0.2) is 17.1 Å². The number of halogens is 1. The molecule has 0 spiro atoms. The van der Waals surface area contributed by atoms with Gasteiger partial charge in [0.2, 0.25) is 0 Å². The number of hydrazine groups is 1. The Morgan fingerprint density at radius 1 is 1.80 bits per heavy atom. The summed E-state index contributed by atoms with van der Waals surface area (Å²) in [5.41, 5.74) is 2.08. The molecule has 0 saturated carbocycles. The molecule has 0 aromatic carbocycles. The molecule has 0 aliphatic heterocycles. The quantitative estimate of drug-likeness (QED) is 0.338. The van der Waals surface area contributed by atoms with E-state index in [9.17, 15) is 4.79 Å². The summed E-state index contributed by atoms with van der Waals surface area (Å²) in [6, 6.07) is 0. The SMILES string of the molecule is Cl.NNC(=O)c1cocn1. The van der Waals surface area contributed by atoms with Crippen molar-refractivity contribution in [2.75, 3.05) is 0 Å². The fraction of sp³-hybridized carbons (Fsp3) is 0. The van der Waals surface area contributed by atoms with E-state index in [2.05, 4.69) is 9.40 Å². The largest absolute Gasteiger partial charge is 0.451 e. The van der Waals surface area contributed by atoms with E-state index in [1.54, 1.807) is 0 Å². The normalized spacial score (nSPS) is 8.10. The van der Waals surface area contributed by atoms with Crippen LogP contribution in [0.2, 0.25) is 0 Å². The lowest BCUT2D eigenvalue weighted by atomic mass is 10.5. The van der Waals surface area contributed by atoms with Crippen molar-refractivity contribution >= 4 is 18.3 Å². The average molecular weight is 164 g/mol. The van der Waals surface area contributed by atoms with Crippen molar-refractivity contribution in [1.82, 2.24) is 10.4 Å². The smallest absolute Gasteiger partial charge is 0.287 e. The number of carbonyl (C=O) groups excluding carboxylic acids is 1. The lowest BCUT2D eigenvalue weighted by Crippen LogP contribution is -2.30. The minimum absolute atomic E-state index is 0. The van der Waals surface area contributed by atoms with Crippen LogP contribution in [0.4, 0.5) is 0 Å². The molecule has 0 aliphatic rings. The maximum atomic E-state index is 10.5. The van der Waals surface area contributed by atoms with E-state index in [0.29, 0.717) is 0 Å². The first-order valence-electron chi connectivity index (χ1n) is 2.23. The van der Waals surface area contributed by atoms with Crippen LogP contribution in [-0.4, -0.2) is 10.9 Å². The maximum Gasteiger partial charge on any atom is 0.287 e. The molecule has 56 valence electrons. The van der Waals surface area contributed by atoms with Crippen molar-refractivity contribution in [2.24, 2.45) is 5.84 Å². The topological polar surface area (TPSA) is 81.1 Å². The Bertz CT molecular complexity index is 198. The van der Waals surface area contributed by atoms with Crippen LogP contribution < -0.4 is 11.3 Å². The summed E-state index contributed by atoms with van der Waals surface area (Å²) < 4.78 is 4.51. The Balaban J connectivity index is 0.000000810. The highest BCUT2D eigenvalue weighted by molar-refractivity contribution is 5.91. The number of amides is 1. The molecule has 5 nitrogen and oxygen atoms in total. The lowest BCUT2D eigenvalue weighted by molar-refractivity contribution is 0.0948. The van der Waals surface area contributed by atoms with Crippen molar-refractivity contribution < 1.29 is 9.21 Å². The molecular formula is C4H6ClN3O2. The predicted molar refractivity (Wildman–Crippen MR) is 35.4 cm³/mol. The molecule has 6 heteroatoms. The summed E-state index contributed by atoms with van der Waals surface area (Å²) in [6.07, 6.45) is 2.37. The molecule has 0 radical (unpaired) electrons. The van der Waals surface area contributed by atoms with Crippen molar-refractivity contribution in [3.63, 3.8) is 0 Å². The highest BCUT2D eigenvalue weighted by atomic mass is 35.5. The molecule has 0 aliphatic carbocycles. The number of nitrogens with two attached hydrogens (primary N) is 1. The monoisotopic (exact) mass is 163 g/mol. The van der Waals surface area contributed by atoms with Crippen LogP contribution in [0.1, 0.15) is 10.5 Å². The maximum absolute atomic E-state index is 10.5. The summed E-state index contributed by atoms with van der Waals surface area (Å²) in [5.74, 6) is 4.33. The first kappa shape index (κ1) is 8.93. The van der Waals surface area contributed by atoms with Crippen molar-refractivity contribution in [2.45, 2.75) is 0 Å². The van der Waals surface area contributed by atoms with Gasteiger partial charge in [-0.05, 0) is 0 Å². The van der Waals surface area contributed by atoms with Gasteiger partial charge in [0, 0.05) is 0 Å². The molecule has 3 N–H and O–H groups in total. The Labute approximate surface area is 63.0 Å². The fourth-order valence-electron chi connectivity index (χ4n) is 0.399. The van der Waals surface area contributed by atoms with Crippen molar-refractivity contribution in [3.8, 4) is 0 Å². The molecule has 1 heterocycles. The van der Waals surface area contributed by atoms with E-state index in [-0.39, 0.29) is 18.1 Å². The van der Waals surface area contributed by atoms with Gasteiger partial charge in [0.1, 0.15) is 6.26 Å². The number of nitrogen functional groups attached to an aromatic ring is 1. The van der Waals surface area contributed by atoms with Crippen LogP contribution in [-0.2, 0) is 0 Å². The van der Waals surface area contributed by atoms with Gasteiger partial charge in [-0.15, -0.1) is 12.4 Å². The third kappa shape index (κ3) is 1.71. The van der Waals surface area contributed by atoms with E-state index < -0.39 is 5.91 Å². The van der Waals surface area contributed by atoms with E-state index in [0.717, 1.165) is 6.39 Å². The third-order valence-corrected chi connectivity index (χ3v) is 0.796. The Kier molecular flexibility index (Phi) is 3.45. The number of hydrogen-bond acceptors (Lipinski definition) is 4. The molecule has 1 aromatic heterocycles. The summed E-state index contributed by atoms with van der Waals surface area (Å²) in [5, 5.41) is 0. The number of rotatable bonds is 1. The number of carbonyl (C=O) groups is 1. The number of oxazole rings is 1. The average Bonchev–Trinajstić information content (AvgIpc) is 2.37. The van der Waals surface area contributed by atoms with Crippen LogP contribution in [0.3, 0.4) is 0 Å². The van der Waals surface area contributed by atoms with E-state index in [4.69, 9.17) is 5.84 Å². The number of nitrogens with one attached hydrogen (secondary N) is 1. The first-order chi connectivity index (χ1) is 4.34. The van der Waals surface area contributed by atoms with Gasteiger partial charge in [0.25, 0.3) is 5.91 Å². The predicted octanol–water partition coefficient (Wildman–Crippen LogP) is -0.300. The van der Waals surface area contributed by atoms with Crippen LogP contribution in [0.25, 0.3) is 0 Å². The molecule has 0 unspecified atom stereocenters. The van der Waals surface area contributed by atoms with Gasteiger partial charge in [-0.2, -0.15) is 0 Å². The van der Waals surface area contributed by atoms with Gasteiger partial charge in [-0.25, -0.2) is 10.8 Å². The van der Waals surface area contributed by atoms with Crippen LogP contribution >= 0.6 is 12.4 Å². The van der Waals surface area contributed by atoms with Gasteiger partial charge >= 0.3 is 0 Å². The van der Waals surface area contributed by atoms with Crippen molar-refractivity contribution in [1.29, 1.82) is 0 Å². The fourth-order valence-corrected chi connectivity index (χ4v) is 0.399. The van der Waals surface area contributed by atoms with Gasteiger partial charge < -0.3 is 4.42 Å². The highest BCUT2D eigenvalue weighted by Gasteiger charge is 2.03. The van der Waals surface area contributed by atoms with Gasteiger partial charge in [0.05, 0.1) is 0 Å². The summed E-state index contributed by atoms with van der Waals surface area (Å²) in [7, 11) is 0. The summed E-state index contributed by atoms with van der Waals surface area (Å²) in [4.78, 5) is 14.0. The van der Waals surface area contributed by atoms with Gasteiger partial charge in [-0.3, -0.25) is 10.2 Å². The van der Waals surface area contributed by atoms with E-state index >= 15 is 0 Å². The Morgan fingerprint density at radius 3 is 2.90 bits per heavy atom. The zero-order chi connectivity index (χ0) is 6.69. The summed E-state index contributed by atoms with van der Waals surface area (Å²) >= 11 is 0. The Morgan fingerprint density at radius 2 is 2.50 bits per heavy atom. The number of nitrogens with zero attached hydrogens (tertiary/aromatic N) is 1. The summed E-state index contributed by atoms with van der Waals surface area (Å²) in [6.45, 7) is 0. The minimum atomic E-state index is -0.455. The second-order valence-corrected chi connectivity index (χ2v) is 1.35. The molecule has 0 bridgehead atoms. The minimum Gasteiger partial charge on any atom is -0.451 e. The second kappa shape index (κ2) is 3.86. The highest BCUT2D eigenvalue weighted by Crippen LogP contribution is 1.91. The third-order valence-electron chi connectivity index (χ3n) is 0.796. The Hall–Kier alpha value is -1.07. The molecule has 1 aromatic rings. The first-order valence-corrected chi connectivity index (χ1v) is 2.23. The molecule has 10 heavy (non-hydrogen) atoms. The number of hydrogen-bond donors (Lipinski definition) is 2. The molecule has 1 rings (SSSR count). The van der Waals surface area contributed by atoms with Gasteiger partial charge in [-0.1, -0.05) is 0 Å². The van der Waals surface area contributed by atoms with Crippen LogP contribution in [0, 0.1) is 0 Å². The molecule has 1 amide bonds. The second-order valence-electron chi connectivity index (χ2n) is 1.35. The number of aromatic nitrogens is 1. The molecule has 0 fully saturated rings. The molecule has 0 atom stereocenters. The van der Waals surface area contributed by atoms with Crippen molar-refractivity contribution in [3.05, 3.63) is 18.4 Å².